The Morgan fingerprint density at radius 2 is 1.02 bits per heavy atom. The summed E-state index contributed by atoms with van der Waals surface area (Å²) in [7, 11) is -0.893. The quantitative estimate of drug-likeness (QED) is 0.0383. The molecule has 0 aliphatic carbocycles. The summed E-state index contributed by atoms with van der Waals surface area (Å²) in [5.41, 5.74) is 2.65. The van der Waals surface area contributed by atoms with Gasteiger partial charge in [0, 0.05) is 7.05 Å². The van der Waals surface area contributed by atoms with E-state index in [2.05, 4.69) is 68.1 Å². The molecule has 0 fully saturated rings. The van der Waals surface area contributed by atoms with Gasteiger partial charge in [-0.05, 0) is 67.8 Å². The molecule has 45 heavy (non-hydrogen) atoms. The zero-order chi connectivity index (χ0) is 32.6. The lowest BCUT2D eigenvalue weighted by molar-refractivity contribution is 0.377. The van der Waals surface area contributed by atoms with Gasteiger partial charge in [0.1, 0.15) is 35.2 Å². The average molecular weight is 674 g/mol. The first-order valence-corrected chi connectivity index (χ1v) is 16.1. The predicted octanol–water partition coefficient (Wildman–Crippen LogP) is 4.97. The van der Waals surface area contributed by atoms with Gasteiger partial charge in [0.05, 0.1) is 11.3 Å². The second-order valence-electron chi connectivity index (χ2n) is 9.39. The van der Waals surface area contributed by atoms with Gasteiger partial charge < -0.3 is 10.6 Å². The number of nitrogens with one attached hydrogen (secondary N) is 4. The summed E-state index contributed by atoms with van der Waals surface area (Å²) in [6.45, 7) is 1.26. The first-order valence-electron chi connectivity index (χ1n) is 13.3. The normalized spacial score (nSPS) is 12.0. The Morgan fingerprint density at radius 1 is 0.622 bits per heavy atom. The van der Waals surface area contributed by atoms with Crippen molar-refractivity contribution < 1.29 is 22.0 Å². The summed E-state index contributed by atoms with van der Waals surface area (Å²) in [4.78, 5) is 0. The van der Waals surface area contributed by atoms with Crippen LogP contribution in [-0.4, -0.2) is 35.0 Å². The van der Waals surface area contributed by atoms with Crippen LogP contribution in [0.4, 0.5) is 22.0 Å². The van der Waals surface area contributed by atoms with Crippen LogP contribution in [0.2, 0.25) is 0 Å². The molecule has 0 atom stereocenters. The molecule has 232 valence electrons. The Morgan fingerprint density at radius 3 is 1.44 bits per heavy atom. The molecule has 0 heterocycles. The van der Waals surface area contributed by atoms with Crippen LogP contribution in [0.5, 0.6) is 0 Å². The SMILES string of the molecule is CNC(=S)NN=C(C(C)=NNC(=S)NC[P+](c1ccccc1)(c1ccccc1)c1ccccc1)c1c(F)c(F)c(F)c(F)c1F. The zero-order valence-corrected chi connectivity index (χ0v) is 26.4. The van der Waals surface area contributed by atoms with E-state index >= 15 is 0 Å². The third kappa shape index (κ3) is 7.33. The van der Waals surface area contributed by atoms with Crippen LogP contribution < -0.4 is 37.4 Å². The van der Waals surface area contributed by atoms with Gasteiger partial charge in [0.2, 0.25) is 5.82 Å². The molecule has 0 amide bonds. The van der Waals surface area contributed by atoms with Crippen molar-refractivity contribution in [2.45, 2.75) is 6.92 Å². The molecule has 0 radical (unpaired) electrons. The standard InChI is InChI=1S/C31H26F5N6PS2/c1-19(29(40-41-30(44)37-2)23-24(32)26(34)28(36)27(35)25(23)33)39-42-31(45)38-18-43(20-12-6-3-7-13-20,21-14-8-4-9-15-21)22-16-10-5-11-17-22/h3-17H,18H2,1-2H3,(H3-,37,38,39,40,41,42,44,45)/p+1. The van der Waals surface area contributed by atoms with Crippen LogP contribution in [0.1, 0.15) is 12.5 Å². The number of nitrogens with zero attached hydrogens (tertiary/aromatic N) is 2. The minimum atomic E-state index is -2.34. The van der Waals surface area contributed by atoms with Crippen LogP contribution in [0, 0.1) is 29.1 Å². The van der Waals surface area contributed by atoms with E-state index in [0.717, 1.165) is 15.9 Å². The van der Waals surface area contributed by atoms with Crippen molar-refractivity contribution >= 4 is 69.3 Å². The van der Waals surface area contributed by atoms with Crippen LogP contribution in [-0.2, 0) is 0 Å². The van der Waals surface area contributed by atoms with Crippen molar-refractivity contribution in [3.05, 3.63) is 126 Å². The molecular formula is C31H27F5N6PS2+. The Bertz CT molecular complexity index is 1620. The van der Waals surface area contributed by atoms with Gasteiger partial charge >= 0.3 is 0 Å². The van der Waals surface area contributed by atoms with Crippen molar-refractivity contribution in [1.29, 1.82) is 0 Å². The third-order valence-corrected chi connectivity index (χ3v) is 11.4. The number of thiocarbonyl (C=S) groups is 2. The van der Waals surface area contributed by atoms with Gasteiger partial charge in [0.25, 0.3) is 0 Å². The first kappa shape index (κ1) is 33.6. The van der Waals surface area contributed by atoms with Crippen LogP contribution in [0.15, 0.2) is 101 Å². The minimum Gasteiger partial charge on any atom is -0.364 e. The average Bonchev–Trinajstić information content (AvgIpc) is 3.08. The fraction of sp³-hybridized carbons (Fsp3) is 0.0968. The highest BCUT2D eigenvalue weighted by atomic mass is 32.1. The highest BCUT2D eigenvalue weighted by molar-refractivity contribution is 7.95. The van der Waals surface area contributed by atoms with Gasteiger partial charge in [-0.2, -0.15) is 10.2 Å². The Balaban J connectivity index is 1.68. The topological polar surface area (TPSA) is 72.8 Å². The third-order valence-electron chi connectivity index (χ3n) is 6.68. The summed E-state index contributed by atoms with van der Waals surface area (Å²) < 4.78 is 71.4. The molecule has 0 aliphatic heterocycles. The van der Waals surface area contributed by atoms with Crippen molar-refractivity contribution in [2.24, 2.45) is 10.2 Å². The monoisotopic (exact) mass is 673 g/mol. The summed E-state index contributed by atoms with van der Waals surface area (Å²) in [6.07, 6.45) is 0.363. The van der Waals surface area contributed by atoms with E-state index in [-0.39, 0.29) is 15.9 Å². The Hall–Kier alpha value is -4.32. The fourth-order valence-corrected chi connectivity index (χ4v) is 8.63. The number of benzene rings is 4. The number of hydrogen-bond acceptors (Lipinski definition) is 4. The molecule has 0 spiro atoms. The highest BCUT2D eigenvalue weighted by Gasteiger charge is 2.45. The molecule has 0 aromatic heterocycles. The smallest absolute Gasteiger partial charge is 0.200 e. The fourth-order valence-electron chi connectivity index (χ4n) is 4.48. The van der Waals surface area contributed by atoms with E-state index in [1.807, 2.05) is 54.6 Å². The van der Waals surface area contributed by atoms with E-state index in [1.165, 1.54) is 14.0 Å². The van der Waals surface area contributed by atoms with E-state index in [0.29, 0.717) is 6.29 Å². The van der Waals surface area contributed by atoms with Gasteiger partial charge in [0.15, 0.2) is 33.5 Å². The molecule has 0 saturated carbocycles. The van der Waals surface area contributed by atoms with Gasteiger partial charge in [-0.3, -0.25) is 10.9 Å². The lowest BCUT2D eigenvalue weighted by atomic mass is 10.0. The molecule has 4 aromatic carbocycles. The Labute approximate surface area is 268 Å². The molecule has 0 saturated heterocycles. The molecule has 6 nitrogen and oxygen atoms in total. The second kappa shape index (κ2) is 15.1. The van der Waals surface area contributed by atoms with E-state index in [4.69, 9.17) is 24.4 Å². The molecule has 4 N–H and O–H groups in total. The molecule has 0 aliphatic rings. The molecule has 14 heteroatoms. The zero-order valence-electron chi connectivity index (χ0n) is 23.9. The van der Waals surface area contributed by atoms with Crippen LogP contribution >= 0.6 is 31.7 Å². The van der Waals surface area contributed by atoms with Crippen LogP contribution in [0.3, 0.4) is 0 Å². The van der Waals surface area contributed by atoms with E-state index in [9.17, 15) is 22.0 Å². The molecule has 4 aromatic rings. The number of hydrazone groups is 2. The lowest BCUT2D eigenvalue weighted by Crippen LogP contribution is -2.42. The van der Waals surface area contributed by atoms with Crippen LogP contribution in [0.25, 0.3) is 0 Å². The van der Waals surface area contributed by atoms with Crippen molar-refractivity contribution in [2.75, 3.05) is 13.3 Å². The van der Waals surface area contributed by atoms with Crippen molar-refractivity contribution in [1.82, 2.24) is 21.5 Å². The molecule has 0 unspecified atom stereocenters. The Kier molecular flexibility index (Phi) is 11.3. The summed E-state index contributed by atoms with van der Waals surface area (Å²) in [5, 5.41) is 16.8. The molecule has 4 rings (SSSR count). The lowest BCUT2D eigenvalue weighted by Gasteiger charge is -2.28. The minimum absolute atomic E-state index is 0.0389. The maximum atomic E-state index is 14.8. The van der Waals surface area contributed by atoms with E-state index in [1.54, 1.807) is 0 Å². The summed E-state index contributed by atoms with van der Waals surface area (Å²) in [6, 6.07) is 30.0. The van der Waals surface area contributed by atoms with Gasteiger partial charge in [-0.1, -0.05) is 54.6 Å². The molecule has 0 bridgehead atoms. The maximum absolute atomic E-state index is 14.8. The number of rotatable bonds is 9. The van der Waals surface area contributed by atoms with E-state index < -0.39 is 47.6 Å². The maximum Gasteiger partial charge on any atom is 0.200 e. The second-order valence-corrected chi connectivity index (χ2v) is 13.7. The van der Waals surface area contributed by atoms with Crippen molar-refractivity contribution in [3.63, 3.8) is 0 Å². The summed E-state index contributed by atoms with van der Waals surface area (Å²) >= 11 is 10.4. The number of hydrogen-bond donors (Lipinski definition) is 4. The van der Waals surface area contributed by atoms with Gasteiger partial charge in [-0.25, -0.2) is 22.0 Å². The van der Waals surface area contributed by atoms with Crippen molar-refractivity contribution in [3.8, 4) is 0 Å². The molecular weight excluding hydrogens is 646 g/mol. The predicted molar refractivity (Wildman–Crippen MR) is 180 cm³/mol. The first-order chi connectivity index (χ1) is 21.6. The summed E-state index contributed by atoms with van der Waals surface area (Å²) in [5.74, 6) is -10.7. The largest absolute Gasteiger partial charge is 0.364 e. The highest BCUT2D eigenvalue weighted by Crippen LogP contribution is 2.54. The number of halogens is 5. The van der Waals surface area contributed by atoms with Gasteiger partial charge in [-0.15, -0.1) is 0 Å².